The van der Waals surface area contributed by atoms with Crippen molar-refractivity contribution in [3.05, 3.63) is 0 Å². The lowest BCUT2D eigenvalue weighted by Gasteiger charge is -1.97. The van der Waals surface area contributed by atoms with Crippen LogP contribution in [0.2, 0.25) is 0 Å². The van der Waals surface area contributed by atoms with Crippen molar-refractivity contribution in [2.45, 2.75) is 13.8 Å². The number of nitrogens with two attached hydrogens (primary N) is 1. The highest BCUT2D eigenvalue weighted by atomic mass is 35.5. The van der Waals surface area contributed by atoms with Gasteiger partial charge in [0.2, 0.25) is 0 Å². The molecular weight excluding hydrogens is 140 g/mol. The molecule has 0 aliphatic rings. The summed E-state index contributed by atoms with van der Waals surface area (Å²) < 4.78 is 0. The Bertz CT molecular complexity index is 122. The molecule has 0 bridgehead atoms. The van der Waals surface area contributed by atoms with Crippen molar-refractivity contribution < 1.29 is 4.79 Å². The van der Waals surface area contributed by atoms with Crippen LogP contribution < -0.4 is 5.73 Å². The molecule has 0 aliphatic heterocycles. The van der Waals surface area contributed by atoms with Crippen LogP contribution in [0.1, 0.15) is 13.8 Å². The highest BCUT2D eigenvalue weighted by Crippen LogP contribution is 1.91. The molecule has 9 heavy (non-hydrogen) atoms. The summed E-state index contributed by atoms with van der Waals surface area (Å²) >= 11 is 0. The van der Waals surface area contributed by atoms with Gasteiger partial charge >= 0.3 is 0 Å². The molecule has 0 aromatic rings. The van der Waals surface area contributed by atoms with Crippen LogP contribution in [0, 0.1) is 11.3 Å². The Morgan fingerprint density at radius 3 is 1.89 bits per heavy atom. The predicted octanol–water partition coefficient (Wildman–Crippen LogP) is 0.569. The minimum Gasteiger partial charge on any atom is -0.381 e. The SMILES string of the molecule is CC(C)C(=O)C(=N)N.Cl. The minimum atomic E-state index is -0.347. The number of halogens is 1. The van der Waals surface area contributed by atoms with Gasteiger partial charge in [0.1, 0.15) is 0 Å². The third-order valence-corrected chi connectivity index (χ3v) is 0.790. The molecule has 0 rings (SSSR count). The van der Waals surface area contributed by atoms with Crippen LogP contribution in [-0.4, -0.2) is 11.6 Å². The van der Waals surface area contributed by atoms with E-state index in [1.807, 2.05) is 0 Å². The van der Waals surface area contributed by atoms with Gasteiger partial charge in [-0.15, -0.1) is 12.4 Å². The van der Waals surface area contributed by atoms with Crippen LogP contribution in [-0.2, 0) is 4.79 Å². The zero-order chi connectivity index (χ0) is 6.73. The van der Waals surface area contributed by atoms with Crippen molar-refractivity contribution in [1.82, 2.24) is 0 Å². The Hall–Kier alpha value is -0.570. The summed E-state index contributed by atoms with van der Waals surface area (Å²) in [6.07, 6.45) is 0. The summed E-state index contributed by atoms with van der Waals surface area (Å²) in [5, 5.41) is 6.66. The lowest BCUT2D eigenvalue weighted by atomic mass is 10.1. The van der Waals surface area contributed by atoms with Crippen LogP contribution in [0.5, 0.6) is 0 Å². The molecule has 54 valence electrons. The van der Waals surface area contributed by atoms with Gasteiger partial charge in [-0.2, -0.15) is 0 Å². The third-order valence-electron chi connectivity index (χ3n) is 0.790. The quantitative estimate of drug-likeness (QED) is 0.447. The molecule has 0 aromatic heterocycles. The van der Waals surface area contributed by atoms with Crippen LogP contribution in [0.25, 0.3) is 0 Å². The van der Waals surface area contributed by atoms with Gasteiger partial charge < -0.3 is 5.73 Å². The first kappa shape index (κ1) is 11.3. The van der Waals surface area contributed by atoms with Gasteiger partial charge in [0.15, 0.2) is 11.6 Å². The molecule has 0 aromatic carbocycles. The lowest BCUT2D eigenvalue weighted by molar-refractivity contribution is -0.115. The number of hydrogen-bond donors (Lipinski definition) is 2. The molecule has 0 unspecified atom stereocenters. The second-order valence-electron chi connectivity index (χ2n) is 1.93. The summed E-state index contributed by atoms with van der Waals surface area (Å²) in [4.78, 5) is 10.5. The average molecular weight is 151 g/mol. The van der Waals surface area contributed by atoms with Gasteiger partial charge in [0.05, 0.1) is 0 Å². The summed E-state index contributed by atoms with van der Waals surface area (Å²) in [5.74, 6) is -0.780. The molecule has 3 N–H and O–H groups in total. The highest BCUT2D eigenvalue weighted by Gasteiger charge is 2.08. The fourth-order valence-corrected chi connectivity index (χ4v) is 0.311. The molecule has 0 fully saturated rings. The van der Waals surface area contributed by atoms with Crippen LogP contribution in [0.15, 0.2) is 0 Å². The second kappa shape index (κ2) is 4.32. The topological polar surface area (TPSA) is 66.9 Å². The number of hydrogen-bond acceptors (Lipinski definition) is 2. The minimum absolute atomic E-state index is 0. The zero-order valence-corrected chi connectivity index (χ0v) is 6.29. The van der Waals surface area contributed by atoms with Gasteiger partial charge in [-0.3, -0.25) is 10.2 Å². The smallest absolute Gasteiger partial charge is 0.199 e. The maximum absolute atomic E-state index is 10.5. The molecule has 0 spiro atoms. The molecule has 0 amide bonds. The number of carbonyl (C=O) groups excluding carboxylic acids is 1. The van der Waals surface area contributed by atoms with E-state index in [0.29, 0.717) is 0 Å². The van der Waals surface area contributed by atoms with E-state index in [-0.39, 0.29) is 29.9 Å². The largest absolute Gasteiger partial charge is 0.381 e. The number of rotatable bonds is 2. The Kier molecular flexibility index (Phi) is 5.41. The number of amidine groups is 1. The van der Waals surface area contributed by atoms with E-state index >= 15 is 0 Å². The lowest BCUT2D eigenvalue weighted by Crippen LogP contribution is -2.26. The van der Waals surface area contributed by atoms with E-state index in [2.05, 4.69) is 0 Å². The molecular formula is C5H11ClN2O. The predicted molar refractivity (Wildman–Crippen MR) is 39.0 cm³/mol. The van der Waals surface area contributed by atoms with Crippen LogP contribution in [0.3, 0.4) is 0 Å². The number of ketones is 1. The average Bonchev–Trinajstić information content (AvgIpc) is 1.64. The number of Topliss-reactive ketones (excluding diaryl/α,β-unsaturated/α-hetero) is 1. The molecule has 3 nitrogen and oxygen atoms in total. The first-order valence-corrected chi connectivity index (χ1v) is 2.44. The number of carbonyl (C=O) groups is 1. The standard InChI is InChI=1S/C5H10N2O.ClH/c1-3(2)4(8)5(6)7;/h3H,1-2H3,(H3,6,7);1H. The molecule has 0 heterocycles. The fraction of sp³-hybridized carbons (Fsp3) is 0.600. The summed E-state index contributed by atoms with van der Waals surface area (Å²) in [7, 11) is 0. The van der Waals surface area contributed by atoms with Gasteiger partial charge in [-0.1, -0.05) is 13.8 Å². The van der Waals surface area contributed by atoms with E-state index < -0.39 is 0 Å². The van der Waals surface area contributed by atoms with Crippen molar-refractivity contribution in [2.24, 2.45) is 11.7 Å². The molecule has 0 saturated heterocycles. The fourth-order valence-electron chi connectivity index (χ4n) is 0.311. The normalized spacial score (nSPS) is 8.33. The maximum atomic E-state index is 10.5. The Labute approximate surface area is 60.5 Å². The second-order valence-corrected chi connectivity index (χ2v) is 1.93. The summed E-state index contributed by atoms with van der Waals surface area (Å²) in [5.41, 5.74) is 4.87. The zero-order valence-electron chi connectivity index (χ0n) is 5.47. The summed E-state index contributed by atoms with van der Waals surface area (Å²) in [6.45, 7) is 3.42. The van der Waals surface area contributed by atoms with Crippen molar-refractivity contribution in [3.8, 4) is 0 Å². The monoisotopic (exact) mass is 150 g/mol. The Morgan fingerprint density at radius 1 is 1.56 bits per heavy atom. The molecule has 0 atom stereocenters. The number of nitrogens with one attached hydrogen (secondary N) is 1. The third kappa shape index (κ3) is 3.97. The van der Waals surface area contributed by atoms with E-state index in [0.717, 1.165) is 0 Å². The maximum Gasteiger partial charge on any atom is 0.199 e. The van der Waals surface area contributed by atoms with Crippen LogP contribution >= 0.6 is 12.4 Å². The summed E-state index contributed by atoms with van der Waals surface area (Å²) in [6, 6.07) is 0. The van der Waals surface area contributed by atoms with Crippen molar-refractivity contribution in [3.63, 3.8) is 0 Å². The van der Waals surface area contributed by atoms with Crippen molar-refractivity contribution >= 4 is 24.0 Å². The van der Waals surface area contributed by atoms with Gasteiger partial charge in [-0.05, 0) is 0 Å². The van der Waals surface area contributed by atoms with E-state index in [9.17, 15) is 4.79 Å². The first-order valence-electron chi connectivity index (χ1n) is 2.44. The van der Waals surface area contributed by atoms with E-state index in [4.69, 9.17) is 11.1 Å². The van der Waals surface area contributed by atoms with Crippen molar-refractivity contribution in [2.75, 3.05) is 0 Å². The molecule has 4 heteroatoms. The first-order chi connectivity index (χ1) is 3.55. The van der Waals surface area contributed by atoms with Gasteiger partial charge in [-0.25, -0.2) is 0 Å². The Balaban J connectivity index is 0. The van der Waals surface area contributed by atoms with Crippen molar-refractivity contribution in [1.29, 1.82) is 5.41 Å². The molecule has 0 aliphatic carbocycles. The van der Waals surface area contributed by atoms with E-state index in [1.54, 1.807) is 13.8 Å². The van der Waals surface area contributed by atoms with E-state index in [1.165, 1.54) is 0 Å². The van der Waals surface area contributed by atoms with Gasteiger partial charge in [0, 0.05) is 5.92 Å². The van der Waals surface area contributed by atoms with Gasteiger partial charge in [0.25, 0.3) is 0 Å². The molecule has 0 radical (unpaired) electrons. The van der Waals surface area contributed by atoms with Crippen LogP contribution in [0.4, 0.5) is 0 Å². The highest BCUT2D eigenvalue weighted by molar-refractivity contribution is 6.37. The Morgan fingerprint density at radius 2 is 1.89 bits per heavy atom. The molecule has 0 saturated carbocycles.